The highest BCUT2D eigenvalue weighted by Gasteiger charge is 2.30. The maximum absolute atomic E-state index is 6.01. The summed E-state index contributed by atoms with van der Waals surface area (Å²) in [5, 5.41) is 0. The highest BCUT2D eigenvalue weighted by molar-refractivity contribution is 4.84. The van der Waals surface area contributed by atoms with Crippen molar-refractivity contribution in [1.82, 2.24) is 4.90 Å². The summed E-state index contributed by atoms with van der Waals surface area (Å²) in [6, 6.07) is 0. The third-order valence-electron chi connectivity index (χ3n) is 4.32. The fraction of sp³-hybridized carbons (Fsp3) is 0.867. The highest BCUT2D eigenvalue weighted by Crippen LogP contribution is 2.38. The van der Waals surface area contributed by atoms with Gasteiger partial charge < -0.3 is 10.6 Å². The second kappa shape index (κ2) is 7.88. The van der Waals surface area contributed by atoms with Crippen LogP contribution in [0, 0.1) is 5.41 Å². The van der Waals surface area contributed by atoms with Gasteiger partial charge in [0.15, 0.2) is 0 Å². The van der Waals surface area contributed by atoms with E-state index in [4.69, 9.17) is 5.73 Å². The van der Waals surface area contributed by atoms with Crippen molar-refractivity contribution in [2.24, 2.45) is 11.1 Å². The molecule has 0 aliphatic heterocycles. The zero-order chi connectivity index (χ0) is 12.6. The molecule has 0 spiro atoms. The van der Waals surface area contributed by atoms with Crippen LogP contribution < -0.4 is 5.73 Å². The number of hydrogen-bond acceptors (Lipinski definition) is 2. The molecule has 100 valence electrons. The molecule has 0 atom stereocenters. The molecule has 0 heterocycles. The molecule has 2 nitrogen and oxygen atoms in total. The van der Waals surface area contributed by atoms with Crippen LogP contribution in [-0.4, -0.2) is 31.6 Å². The Morgan fingerprint density at radius 1 is 1.24 bits per heavy atom. The summed E-state index contributed by atoms with van der Waals surface area (Å²) in [4.78, 5) is 2.45. The van der Waals surface area contributed by atoms with Crippen LogP contribution in [-0.2, 0) is 0 Å². The molecule has 1 rings (SSSR count). The third-order valence-corrected chi connectivity index (χ3v) is 4.32. The van der Waals surface area contributed by atoms with Crippen LogP contribution in [0.1, 0.15) is 51.4 Å². The molecule has 2 heteroatoms. The van der Waals surface area contributed by atoms with Crippen molar-refractivity contribution in [2.45, 2.75) is 51.4 Å². The molecule has 1 fully saturated rings. The summed E-state index contributed by atoms with van der Waals surface area (Å²) in [7, 11) is 2.23. The lowest BCUT2D eigenvalue weighted by Gasteiger charge is -2.37. The molecule has 0 saturated heterocycles. The Kier molecular flexibility index (Phi) is 6.83. The van der Waals surface area contributed by atoms with Gasteiger partial charge in [-0.1, -0.05) is 25.3 Å². The lowest BCUT2D eigenvalue weighted by molar-refractivity contribution is 0.156. The molecule has 0 aromatic heterocycles. The quantitative estimate of drug-likeness (QED) is 0.520. The minimum absolute atomic E-state index is 0.463. The largest absolute Gasteiger partial charge is 0.330 e. The Balaban J connectivity index is 2.24. The first-order valence-electron chi connectivity index (χ1n) is 7.22. The fourth-order valence-corrected chi connectivity index (χ4v) is 2.90. The lowest BCUT2D eigenvalue weighted by atomic mass is 9.72. The minimum atomic E-state index is 0.463. The van der Waals surface area contributed by atoms with Crippen LogP contribution >= 0.6 is 0 Å². The fourth-order valence-electron chi connectivity index (χ4n) is 2.90. The van der Waals surface area contributed by atoms with Gasteiger partial charge in [0.2, 0.25) is 0 Å². The number of allylic oxidation sites excluding steroid dienone is 1. The molecular formula is C15H30N2. The first-order valence-corrected chi connectivity index (χ1v) is 7.22. The molecule has 0 radical (unpaired) electrons. The van der Waals surface area contributed by atoms with Crippen LogP contribution in [0.2, 0.25) is 0 Å². The molecule has 1 aliphatic rings. The number of nitrogens with zero attached hydrogens (tertiary/aromatic N) is 1. The maximum Gasteiger partial charge on any atom is -0.00160 e. The summed E-state index contributed by atoms with van der Waals surface area (Å²) in [5.74, 6) is 0. The second-order valence-electron chi connectivity index (χ2n) is 5.75. The van der Waals surface area contributed by atoms with Crippen LogP contribution in [0.25, 0.3) is 0 Å². The summed E-state index contributed by atoms with van der Waals surface area (Å²) < 4.78 is 0. The number of rotatable bonds is 8. The normalized spacial score (nSPS) is 19.5. The zero-order valence-electron chi connectivity index (χ0n) is 11.6. The van der Waals surface area contributed by atoms with E-state index in [1.807, 2.05) is 6.08 Å². The topological polar surface area (TPSA) is 29.3 Å². The summed E-state index contributed by atoms with van der Waals surface area (Å²) >= 11 is 0. The Labute approximate surface area is 107 Å². The molecule has 0 bridgehead atoms. The van der Waals surface area contributed by atoms with Crippen LogP contribution in [0.4, 0.5) is 0 Å². The van der Waals surface area contributed by atoms with Gasteiger partial charge in [-0.3, -0.25) is 0 Å². The minimum Gasteiger partial charge on any atom is -0.330 e. The number of hydrogen-bond donors (Lipinski definition) is 1. The van der Waals surface area contributed by atoms with E-state index in [0.717, 1.165) is 13.0 Å². The molecule has 0 aromatic rings. The van der Waals surface area contributed by atoms with Gasteiger partial charge in [-0.2, -0.15) is 0 Å². The molecule has 0 aromatic carbocycles. The Hall–Kier alpha value is -0.340. The van der Waals surface area contributed by atoms with Gasteiger partial charge >= 0.3 is 0 Å². The van der Waals surface area contributed by atoms with Gasteiger partial charge in [0, 0.05) is 0 Å². The summed E-state index contributed by atoms with van der Waals surface area (Å²) in [5.41, 5.74) is 6.48. The highest BCUT2D eigenvalue weighted by atomic mass is 15.1. The third kappa shape index (κ3) is 5.22. The Morgan fingerprint density at radius 2 is 1.94 bits per heavy atom. The molecule has 2 N–H and O–H groups in total. The van der Waals surface area contributed by atoms with Gasteiger partial charge in [-0.05, 0) is 64.2 Å². The van der Waals surface area contributed by atoms with E-state index in [1.54, 1.807) is 0 Å². The van der Waals surface area contributed by atoms with Gasteiger partial charge in [-0.25, -0.2) is 0 Å². The summed E-state index contributed by atoms with van der Waals surface area (Å²) in [6.45, 7) is 7.04. The van der Waals surface area contributed by atoms with E-state index >= 15 is 0 Å². The number of unbranched alkanes of at least 4 members (excludes halogenated alkanes) is 1. The Bertz CT molecular complexity index is 207. The average molecular weight is 238 g/mol. The molecule has 0 unspecified atom stereocenters. The lowest BCUT2D eigenvalue weighted by Crippen LogP contribution is -2.36. The van der Waals surface area contributed by atoms with Crippen molar-refractivity contribution in [3.05, 3.63) is 12.7 Å². The Morgan fingerprint density at radius 3 is 2.53 bits per heavy atom. The van der Waals surface area contributed by atoms with Gasteiger partial charge in [0.25, 0.3) is 0 Å². The van der Waals surface area contributed by atoms with Crippen molar-refractivity contribution in [3.63, 3.8) is 0 Å². The maximum atomic E-state index is 6.01. The van der Waals surface area contributed by atoms with Crippen LogP contribution in [0.3, 0.4) is 0 Å². The van der Waals surface area contributed by atoms with E-state index in [1.165, 1.54) is 58.0 Å². The van der Waals surface area contributed by atoms with E-state index in [-0.39, 0.29) is 0 Å². The smallest absolute Gasteiger partial charge is 0.00160 e. The van der Waals surface area contributed by atoms with Crippen molar-refractivity contribution in [3.8, 4) is 0 Å². The standard InChI is InChI=1S/C15H30N2/c1-3-4-8-12-17(2)13-11-15(14-16)9-6-5-7-10-15/h3H,1,4-14,16H2,2H3. The van der Waals surface area contributed by atoms with E-state index in [2.05, 4.69) is 18.5 Å². The van der Waals surface area contributed by atoms with Crippen molar-refractivity contribution < 1.29 is 0 Å². The van der Waals surface area contributed by atoms with Gasteiger partial charge in [-0.15, -0.1) is 6.58 Å². The predicted octanol–water partition coefficient (Wildman–Crippen LogP) is 3.18. The molecule has 1 aliphatic carbocycles. The second-order valence-corrected chi connectivity index (χ2v) is 5.75. The molecule has 0 amide bonds. The molecule has 1 saturated carbocycles. The number of nitrogens with two attached hydrogens (primary N) is 1. The zero-order valence-corrected chi connectivity index (χ0v) is 11.6. The first kappa shape index (κ1) is 14.7. The van der Waals surface area contributed by atoms with Crippen molar-refractivity contribution in [2.75, 3.05) is 26.7 Å². The summed E-state index contributed by atoms with van der Waals surface area (Å²) in [6.07, 6.45) is 12.5. The van der Waals surface area contributed by atoms with Gasteiger partial charge in [0.1, 0.15) is 0 Å². The average Bonchev–Trinajstić information content (AvgIpc) is 2.38. The molecular weight excluding hydrogens is 208 g/mol. The van der Waals surface area contributed by atoms with Crippen LogP contribution in [0.15, 0.2) is 12.7 Å². The van der Waals surface area contributed by atoms with E-state index < -0.39 is 0 Å². The van der Waals surface area contributed by atoms with E-state index in [0.29, 0.717) is 5.41 Å². The van der Waals surface area contributed by atoms with Gasteiger partial charge in [0.05, 0.1) is 0 Å². The SMILES string of the molecule is C=CCCCN(C)CCC1(CN)CCCCC1. The van der Waals surface area contributed by atoms with Crippen molar-refractivity contribution in [1.29, 1.82) is 0 Å². The predicted molar refractivity (Wildman–Crippen MR) is 76.1 cm³/mol. The van der Waals surface area contributed by atoms with Crippen LogP contribution in [0.5, 0.6) is 0 Å². The first-order chi connectivity index (χ1) is 8.22. The monoisotopic (exact) mass is 238 g/mol. The van der Waals surface area contributed by atoms with Crippen molar-refractivity contribution >= 4 is 0 Å². The van der Waals surface area contributed by atoms with E-state index in [9.17, 15) is 0 Å². The molecule has 17 heavy (non-hydrogen) atoms.